The molecule has 0 aliphatic rings. The van der Waals surface area contributed by atoms with Crippen molar-refractivity contribution in [3.63, 3.8) is 0 Å². The van der Waals surface area contributed by atoms with Crippen molar-refractivity contribution in [1.29, 1.82) is 0 Å². The number of nitrogens with one attached hydrogen (secondary N) is 1. The van der Waals surface area contributed by atoms with E-state index in [2.05, 4.69) is 42.6 Å². The van der Waals surface area contributed by atoms with Crippen molar-refractivity contribution in [2.75, 3.05) is 26.8 Å². The molecule has 2 aromatic rings. The molecule has 4 heteroatoms. The second-order valence-corrected chi connectivity index (χ2v) is 6.96. The molecule has 0 aliphatic carbocycles. The Bertz CT molecular complexity index is 555. The van der Waals surface area contributed by atoms with Crippen LogP contribution in [0.15, 0.2) is 36.4 Å². The lowest BCUT2D eigenvalue weighted by Crippen LogP contribution is -2.26. The highest BCUT2D eigenvalue weighted by atomic mass is 35.5. The molecule has 0 bridgehead atoms. The Morgan fingerprint density at radius 1 is 1.24 bits per heavy atom. The van der Waals surface area contributed by atoms with Crippen LogP contribution in [0, 0.1) is 6.92 Å². The quantitative estimate of drug-likeness (QED) is 0.732. The number of hydrogen-bond donors (Lipinski definition) is 1. The summed E-state index contributed by atoms with van der Waals surface area (Å²) in [6.45, 7) is 4.75. The second-order valence-electron chi connectivity index (χ2n) is 5.16. The lowest BCUT2D eigenvalue weighted by molar-refractivity contribution is 0.199. The average molecular weight is 324 g/mol. The van der Waals surface area contributed by atoms with Gasteiger partial charge >= 0.3 is 0 Å². The van der Waals surface area contributed by atoms with Gasteiger partial charge in [-0.15, -0.1) is 11.3 Å². The molecule has 1 aromatic carbocycles. The van der Waals surface area contributed by atoms with Crippen LogP contribution in [0.3, 0.4) is 0 Å². The minimum Gasteiger partial charge on any atom is -0.383 e. The zero-order valence-corrected chi connectivity index (χ0v) is 14.1. The smallest absolute Gasteiger partial charge is 0.0931 e. The Balaban J connectivity index is 2.08. The molecule has 1 unspecified atom stereocenters. The van der Waals surface area contributed by atoms with Gasteiger partial charge in [-0.25, -0.2) is 0 Å². The summed E-state index contributed by atoms with van der Waals surface area (Å²) in [5.41, 5.74) is 2.76. The molecule has 0 aliphatic heterocycles. The van der Waals surface area contributed by atoms with Crippen molar-refractivity contribution < 1.29 is 4.74 Å². The Hall–Kier alpha value is -0.870. The van der Waals surface area contributed by atoms with E-state index in [0.29, 0.717) is 5.92 Å². The van der Waals surface area contributed by atoms with Gasteiger partial charge in [-0.3, -0.25) is 0 Å². The van der Waals surface area contributed by atoms with E-state index in [9.17, 15) is 0 Å². The summed E-state index contributed by atoms with van der Waals surface area (Å²) in [6.07, 6.45) is 1.02. The Kier molecular flexibility index (Phi) is 6.71. The van der Waals surface area contributed by atoms with Crippen molar-refractivity contribution in [2.45, 2.75) is 19.3 Å². The highest BCUT2D eigenvalue weighted by molar-refractivity contribution is 7.16. The number of benzene rings is 1. The number of methoxy groups -OCH3 is 1. The number of halogens is 1. The lowest BCUT2D eigenvalue weighted by Gasteiger charge is -2.19. The van der Waals surface area contributed by atoms with Gasteiger partial charge in [-0.1, -0.05) is 35.9 Å². The van der Waals surface area contributed by atoms with Gasteiger partial charge in [0.2, 0.25) is 0 Å². The fourth-order valence-electron chi connectivity index (χ4n) is 2.49. The Morgan fingerprint density at radius 2 is 2.05 bits per heavy atom. The zero-order valence-electron chi connectivity index (χ0n) is 12.6. The molecular weight excluding hydrogens is 302 g/mol. The van der Waals surface area contributed by atoms with Gasteiger partial charge in [0.25, 0.3) is 0 Å². The zero-order chi connectivity index (χ0) is 15.1. The topological polar surface area (TPSA) is 21.3 Å². The summed E-state index contributed by atoms with van der Waals surface area (Å²) >= 11 is 7.73. The van der Waals surface area contributed by atoms with Gasteiger partial charge in [0.15, 0.2) is 0 Å². The van der Waals surface area contributed by atoms with Gasteiger partial charge < -0.3 is 10.1 Å². The first kappa shape index (κ1) is 16.5. The fraction of sp³-hybridized carbons (Fsp3) is 0.412. The largest absolute Gasteiger partial charge is 0.383 e. The SMILES string of the molecule is COCCNCC(Cc1ccc(Cl)s1)c1ccccc1C. The number of ether oxygens (including phenoxy) is 1. The fourth-order valence-corrected chi connectivity index (χ4v) is 3.66. The molecule has 1 atom stereocenters. The van der Waals surface area contributed by atoms with Crippen LogP contribution in [0.25, 0.3) is 0 Å². The van der Waals surface area contributed by atoms with Crippen LogP contribution in [0.2, 0.25) is 4.34 Å². The van der Waals surface area contributed by atoms with Gasteiger partial charge in [0, 0.05) is 31.0 Å². The maximum atomic E-state index is 6.05. The summed E-state index contributed by atoms with van der Waals surface area (Å²) in [5.74, 6) is 0.456. The first-order valence-corrected chi connectivity index (χ1v) is 8.39. The van der Waals surface area contributed by atoms with Gasteiger partial charge in [-0.2, -0.15) is 0 Å². The van der Waals surface area contributed by atoms with Crippen molar-refractivity contribution in [3.8, 4) is 0 Å². The molecule has 0 saturated heterocycles. The average Bonchev–Trinajstić information content (AvgIpc) is 2.88. The van der Waals surface area contributed by atoms with Gasteiger partial charge in [0.1, 0.15) is 0 Å². The highest BCUT2D eigenvalue weighted by Crippen LogP contribution is 2.28. The molecule has 2 rings (SSSR count). The van der Waals surface area contributed by atoms with Crippen LogP contribution in [-0.4, -0.2) is 26.8 Å². The van der Waals surface area contributed by atoms with E-state index in [1.807, 2.05) is 6.07 Å². The predicted octanol–water partition coefficient (Wildman–Crippen LogP) is 4.27. The minimum absolute atomic E-state index is 0.456. The monoisotopic (exact) mass is 323 g/mol. The molecule has 1 heterocycles. The number of hydrogen-bond acceptors (Lipinski definition) is 3. The summed E-state index contributed by atoms with van der Waals surface area (Å²) < 4.78 is 5.96. The molecule has 0 fully saturated rings. The van der Waals surface area contributed by atoms with E-state index in [1.165, 1.54) is 16.0 Å². The standard InChI is InChI=1S/C17H22ClNOS/c1-13-5-3-4-6-16(13)14(12-19-9-10-20-2)11-15-7-8-17(18)21-15/h3-8,14,19H,9-12H2,1-2H3. The van der Waals surface area contributed by atoms with Crippen LogP contribution in [0.1, 0.15) is 21.9 Å². The summed E-state index contributed by atoms with van der Waals surface area (Å²) in [5, 5.41) is 3.49. The van der Waals surface area contributed by atoms with E-state index >= 15 is 0 Å². The Morgan fingerprint density at radius 3 is 2.71 bits per heavy atom. The summed E-state index contributed by atoms with van der Waals surface area (Å²) in [7, 11) is 1.73. The van der Waals surface area contributed by atoms with Crippen molar-refractivity contribution in [3.05, 3.63) is 56.7 Å². The molecule has 0 saturated carbocycles. The van der Waals surface area contributed by atoms with E-state index in [0.717, 1.165) is 30.5 Å². The molecule has 2 nitrogen and oxygen atoms in total. The van der Waals surface area contributed by atoms with Crippen molar-refractivity contribution in [1.82, 2.24) is 5.32 Å². The van der Waals surface area contributed by atoms with Crippen LogP contribution in [-0.2, 0) is 11.2 Å². The van der Waals surface area contributed by atoms with Crippen LogP contribution >= 0.6 is 22.9 Å². The molecule has 114 valence electrons. The molecule has 1 aromatic heterocycles. The maximum absolute atomic E-state index is 6.05. The highest BCUT2D eigenvalue weighted by Gasteiger charge is 2.15. The van der Waals surface area contributed by atoms with Crippen LogP contribution in [0.4, 0.5) is 0 Å². The lowest BCUT2D eigenvalue weighted by atomic mass is 9.91. The third-order valence-corrected chi connectivity index (χ3v) is 4.83. The van der Waals surface area contributed by atoms with E-state index in [1.54, 1.807) is 18.4 Å². The normalized spacial score (nSPS) is 12.5. The molecule has 0 spiro atoms. The number of thiophene rings is 1. The van der Waals surface area contributed by atoms with Crippen molar-refractivity contribution >= 4 is 22.9 Å². The second kappa shape index (κ2) is 8.54. The van der Waals surface area contributed by atoms with Crippen molar-refractivity contribution in [2.24, 2.45) is 0 Å². The molecule has 21 heavy (non-hydrogen) atoms. The third kappa shape index (κ3) is 5.11. The molecule has 1 N–H and O–H groups in total. The van der Waals surface area contributed by atoms with E-state index in [4.69, 9.17) is 16.3 Å². The van der Waals surface area contributed by atoms with Crippen LogP contribution < -0.4 is 5.32 Å². The number of rotatable bonds is 8. The van der Waals surface area contributed by atoms with E-state index in [-0.39, 0.29) is 0 Å². The van der Waals surface area contributed by atoms with Gasteiger partial charge in [-0.05, 0) is 36.6 Å². The minimum atomic E-state index is 0.456. The molecular formula is C17H22ClNOS. The Labute approximate surface area is 136 Å². The summed E-state index contributed by atoms with van der Waals surface area (Å²) in [4.78, 5) is 1.33. The maximum Gasteiger partial charge on any atom is 0.0931 e. The molecule has 0 amide bonds. The third-order valence-electron chi connectivity index (χ3n) is 3.58. The van der Waals surface area contributed by atoms with E-state index < -0.39 is 0 Å². The van der Waals surface area contributed by atoms with Gasteiger partial charge in [0.05, 0.1) is 10.9 Å². The summed E-state index contributed by atoms with van der Waals surface area (Å²) in [6, 6.07) is 12.7. The van der Waals surface area contributed by atoms with Crippen LogP contribution in [0.5, 0.6) is 0 Å². The first-order chi connectivity index (χ1) is 10.2. The first-order valence-electron chi connectivity index (χ1n) is 7.20. The number of aryl methyl sites for hydroxylation is 1. The molecule has 0 radical (unpaired) electrons. The predicted molar refractivity (Wildman–Crippen MR) is 91.7 cm³/mol.